The van der Waals surface area contributed by atoms with Crippen molar-refractivity contribution in [2.24, 2.45) is 11.8 Å². The fourth-order valence-electron chi connectivity index (χ4n) is 3.15. The Morgan fingerprint density at radius 1 is 1.30 bits per heavy atom. The van der Waals surface area contributed by atoms with E-state index in [1.54, 1.807) is 4.68 Å². The van der Waals surface area contributed by atoms with Crippen LogP contribution in [-0.2, 0) is 29.0 Å². The number of aromatic nitrogens is 3. The lowest BCUT2D eigenvalue weighted by atomic mass is 9.94. The monoisotopic (exact) mass is 322 g/mol. The summed E-state index contributed by atoms with van der Waals surface area (Å²) in [6, 6.07) is 0. The summed E-state index contributed by atoms with van der Waals surface area (Å²) < 4.78 is 1.68. The average Bonchev–Trinajstić information content (AvgIpc) is 2.87. The Bertz CT molecular complexity index is 554. The smallest absolute Gasteiger partial charge is 0.303 e. The first-order valence-corrected chi connectivity index (χ1v) is 8.35. The van der Waals surface area contributed by atoms with E-state index in [1.165, 1.54) is 0 Å². The Morgan fingerprint density at radius 3 is 2.74 bits per heavy atom. The highest BCUT2D eigenvalue weighted by molar-refractivity contribution is 5.75. The quantitative estimate of drug-likeness (QED) is 0.754. The maximum Gasteiger partial charge on any atom is 0.303 e. The summed E-state index contributed by atoms with van der Waals surface area (Å²) in [5, 5.41) is 20.0. The highest BCUT2D eigenvalue weighted by Crippen LogP contribution is 2.18. The molecule has 128 valence electrons. The van der Waals surface area contributed by atoms with E-state index in [2.05, 4.69) is 29.5 Å². The third-order valence-electron chi connectivity index (χ3n) is 4.14. The molecule has 0 spiro atoms. The number of hydrogen-bond acceptors (Lipinski definition) is 4. The van der Waals surface area contributed by atoms with Gasteiger partial charge in [0.1, 0.15) is 6.54 Å². The van der Waals surface area contributed by atoms with E-state index in [-0.39, 0.29) is 24.8 Å². The number of carboxylic acid groups (broad SMARTS) is 1. The van der Waals surface area contributed by atoms with Crippen molar-refractivity contribution in [2.75, 3.05) is 6.54 Å². The van der Waals surface area contributed by atoms with Crippen LogP contribution >= 0.6 is 0 Å². The standard InChI is InChI=1S/C16H26N4O3/c1-11(2)7-12(8-16(22)23)9-17-15(21)10-20-14-6-4-3-5-13(14)18-19-20/h11-12H,3-10H2,1-2H3,(H,17,21)(H,22,23)/t12-/m0/s1. The van der Waals surface area contributed by atoms with Gasteiger partial charge in [-0.3, -0.25) is 9.59 Å². The molecule has 1 aromatic rings. The summed E-state index contributed by atoms with van der Waals surface area (Å²) in [6.45, 7) is 4.65. The van der Waals surface area contributed by atoms with Crippen molar-refractivity contribution in [3.05, 3.63) is 11.4 Å². The number of fused-ring (bicyclic) bond motifs is 1. The number of hydrogen-bond donors (Lipinski definition) is 2. The molecule has 2 N–H and O–H groups in total. The molecule has 0 aromatic carbocycles. The van der Waals surface area contributed by atoms with Gasteiger partial charge in [-0.1, -0.05) is 19.1 Å². The SMILES string of the molecule is CC(C)C[C@H](CNC(=O)Cn1nnc2c1CCCC2)CC(=O)O. The maximum absolute atomic E-state index is 12.1. The molecule has 1 heterocycles. The lowest BCUT2D eigenvalue weighted by molar-refractivity contribution is -0.138. The van der Waals surface area contributed by atoms with Gasteiger partial charge < -0.3 is 10.4 Å². The maximum atomic E-state index is 12.1. The third kappa shape index (κ3) is 5.33. The van der Waals surface area contributed by atoms with Gasteiger partial charge in [0.2, 0.25) is 5.91 Å². The molecule has 23 heavy (non-hydrogen) atoms. The van der Waals surface area contributed by atoms with Gasteiger partial charge >= 0.3 is 5.97 Å². The second-order valence-electron chi connectivity index (χ2n) is 6.75. The molecule has 0 saturated carbocycles. The van der Waals surface area contributed by atoms with Crippen LogP contribution in [0, 0.1) is 11.8 Å². The molecule has 2 rings (SSSR count). The van der Waals surface area contributed by atoms with E-state index < -0.39 is 5.97 Å². The van der Waals surface area contributed by atoms with E-state index in [0.717, 1.165) is 43.5 Å². The largest absolute Gasteiger partial charge is 0.481 e. The van der Waals surface area contributed by atoms with Crippen LogP contribution in [0.5, 0.6) is 0 Å². The molecule has 0 aliphatic heterocycles. The average molecular weight is 322 g/mol. The van der Waals surface area contributed by atoms with Crippen LogP contribution in [0.3, 0.4) is 0 Å². The van der Waals surface area contributed by atoms with E-state index in [4.69, 9.17) is 5.11 Å². The van der Waals surface area contributed by atoms with Gasteiger partial charge in [0.15, 0.2) is 0 Å². The molecule has 7 nitrogen and oxygen atoms in total. The van der Waals surface area contributed by atoms with Gasteiger partial charge in [-0.15, -0.1) is 5.10 Å². The number of carbonyl (C=O) groups is 2. The molecule has 1 aliphatic rings. The summed E-state index contributed by atoms with van der Waals surface area (Å²) in [4.78, 5) is 23.0. The second-order valence-corrected chi connectivity index (χ2v) is 6.75. The lowest BCUT2D eigenvalue weighted by Gasteiger charge is -2.18. The number of rotatable bonds is 8. The van der Waals surface area contributed by atoms with Crippen molar-refractivity contribution < 1.29 is 14.7 Å². The second kappa shape index (κ2) is 8.08. The highest BCUT2D eigenvalue weighted by Gasteiger charge is 2.19. The summed E-state index contributed by atoms with van der Waals surface area (Å²) in [5.74, 6) is -0.600. The van der Waals surface area contributed by atoms with Crippen molar-refractivity contribution in [3.63, 3.8) is 0 Å². The summed E-state index contributed by atoms with van der Waals surface area (Å²) >= 11 is 0. The van der Waals surface area contributed by atoms with Crippen molar-refractivity contribution in [1.29, 1.82) is 0 Å². The zero-order chi connectivity index (χ0) is 16.8. The van der Waals surface area contributed by atoms with Crippen molar-refractivity contribution in [1.82, 2.24) is 20.3 Å². The van der Waals surface area contributed by atoms with Crippen LogP contribution in [0.15, 0.2) is 0 Å². The van der Waals surface area contributed by atoms with Crippen molar-refractivity contribution in [2.45, 2.75) is 58.9 Å². The number of amides is 1. The van der Waals surface area contributed by atoms with Crippen LogP contribution in [0.25, 0.3) is 0 Å². The Labute approximate surface area is 136 Å². The number of aliphatic carboxylic acids is 1. The van der Waals surface area contributed by atoms with Crippen molar-refractivity contribution in [3.8, 4) is 0 Å². The molecule has 0 radical (unpaired) electrons. The van der Waals surface area contributed by atoms with E-state index in [0.29, 0.717) is 12.5 Å². The zero-order valence-electron chi connectivity index (χ0n) is 13.9. The topological polar surface area (TPSA) is 97.1 Å². The summed E-state index contributed by atoms with van der Waals surface area (Å²) in [5.41, 5.74) is 2.07. The Kier molecular flexibility index (Phi) is 6.12. The fourth-order valence-corrected chi connectivity index (χ4v) is 3.15. The molecule has 1 aliphatic carbocycles. The van der Waals surface area contributed by atoms with Crippen LogP contribution in [-0.4, -0.2) is 38.5 Å². The van der Waals surface area contributed by atoms with Crippen molar-refractivity contribution >= 4 is 11.9 Å². The molecule has 0 saturated heterocycles. The first kappa shape index (κ1) is 17.4. The molecule has 7 heteroatoms. The number of carbonyl (C=O) groups excluding carboxylic acids is 1. The molecule has 0 fully saturated rings. The van der Waals surface area contributed by atoms with Gasteiger partial charge in [0.05, 0.1) is 11.4 Å². The van der Waals surface area contributed by atoms with Crippen LogP contribution in [0.4, 0.5) is 0 Å². The zero-order valence-corrected chi connectivity index (χ0v) is 13.9. The normalized spacial score (nSPS) is 15.3. The molecule has 0 bridgehead atoms. The third-order valence-corrected chi connectivity index (χ3v) is 4.14. The number of nitrogens with one attached hydrogen (secondary N) is 1. The summed E-state index contributed by atoms with van der Waals surface area (Å²) in [6.07, 6.45) is 4.96. The Morgan fingerprint density at radius 2 is 2.04 bits per heavy atom. The number of carboxylic acids is 1. The predicted octanol–water partition coefficient (Wildman–Crippen LogP) is 1.41. The minimum absolute atomic E-state index is 0.0406. The van der Waals surface area contributed by atoms with Gasteiger partial charge in [-0.25, -0.2) is 4.68 Å². The van der Waals surface area contributed by atoms with Crippen LogP contribution < -0.4 is 5.32 Å². The molecule has 1 amide bonds. The highest BCUT2D eigenvalue weighted by atomic mass is 16.4. The Hall–Kier alpha value is -1.92. The first-order valence-electron chi connectivity index (χ1n) is 8.35. The van der Waals surface area contributed by atoms with E-state index in [1.807, 2.05) is 0 Å². The molecule has 0 unspecified atom stereocenters. The molecular weight excluding hydrogens is 296 g/mol. The minimum atomic E-state index is -0.824. The van der Waals surface area contributed by atoms with E-state index >= 15 is 0 Å². The molecular formula is C16H26N4O3. The minimum Gasteiger partial charge on any atom is -0.481 e. The van der Waals surface area contributed by atoms with Gasteiger partial charge in [0.25, 0.3) is 0 Å². The van der Waals surface area contributed by atoms with Gasteiger partial charge in [-0.2, -0.15) is 0 Å². The van der Waals surface area contributed by atoms with Crippen LogP contribution in [0.2, 0.25) is 0 Å². The summed E-state index contributed by atoms with van der Waals surface area (Å²) in [7, 11) is 0. The van der Waals surface area contributed by atoms with Gasteiger partial charge in [0, 0.05) is 13.0 Å². The van der Waals surface area contributed by atoms with Crippen LogP contribution in [0.1, 0.15) is 50.9 Å². The predicted molar refractivity (Wildman–Crippen MR) is 84.9 cm³/mol. The molecule has 1 atom stereocenters. The Balaban J connectivity index is 1.86. The number of aryl methyl sites for hydroxylation is 1. The molecule has 1 aromatic heterocycles. The van der Waals surface area contributed by atoms with Gasteiger partial charge in [-0.05, 0) is 43.9 Å². The first-order chi connectivity index (χ1) is 11.0. The lowest BCUT2D eigenvalue weighted by Crippen LogP contribution is -2.34. The number of nitrogens with zero attached hydrogens (tertiary/aromatic N) is 3. The van der Waals surface area contributed by atoms with E-state index in [9.17, 15) is 9.59 Å². The fraction of sp³-hybridized carbons (Fsp3) is 0.750.